The standard InChI is InChI=1S/C16H18N2O/c17-14-6-3-11(4-7-14)16(19)13-5-8-15-12(10-13)2-1-9-18-15/h1-2,5,8-11,14H,3-4,6-7,17H2. The van der Waals surface area contributed by atoms with Gasteiger partial charge in [0.15, 0.2) is 5.78 Å². The third kappa shape index (κ3) is 2.51. The lowest BCUT2D eigenvalue weighted by Gasteiger charge is -2.25. The summed E-state index contributed by atoms with van der Waals surface area (Å²) in [5.41, 5.74) is 7.63. The molecule has 2 N–H and O–H groups in total. The number of pyridine rings is 1. The van der Waals surface area contributed by atoms with Gasteiger partial charge in [0.25, 0.3) is 0 Å². The fraction of sp³-hybridized carbons (Fsp3) is 0.375. The summed E-state index contributed by atoms with van der Waals surface area (Å²) in [6.07, 6.45) is 5.54. The van der Waals surface area contributed by atoms with Crippen molar-refractivity contribution in [3.8, 4) is 0 Å². The molecule has 1 fully saturated rings. The van der Waals surface area contributed by atoms with E-state index in [1.54, 1.807) is 6.20 Å². The first-order chi connectivity index (χ1) is 9.24. The monoisotopic (exact) mass is 254 g/mol. The Hall–Kier alpha value is -1.74. The molecule has 2 aromatic rings. The van der Waals surface area contributed by atoms with Gasteiger partial charge in [-0.2, -0.15) is 0 Å². The van der Waals surface area contributed by atoms with E-state index >= 15 is 0 Å². The molecule has 0 spiro atoms. The Kier molecular flexibility index (Phi) is 3.30. The highest BCUT2D eigenvalue weighted by Crippen LogP contribution is 2.27. The van der Waals surface area contributed by atoms with Crippen molar-refractivity contribution in [1.29, 1.82) is 0 Å². The highest BCUT2D eigenvalue weighted by molar-refractivity contribution is 6.00. The number of carbonyl (C=O) groups is 1. The van der Waals surface area contributed by atoms with E-state index in [2.05, 4.69) is 4.98 Å². The highest BCUT2D eigenvalue weighted by Gasteiger charge is 2.25. The van der Waals surface area contributed by atoms with Crippen LogP contribution in [0.4, 0.5) is 0 Å². The van der Waals surface area contributed by atoms with Gasteiger partial charge in [0.1, 0.15) is 0 Å². The van der Waals surface area contributed by atoms with Gasteiger partial charge in [0.2, 0.25) is 0 Å². The lowest BCUT2D eigenvalue weighted by atomic mass is 9.82. The van der Waals surface area contributed by atoms with Crippen molar-refractivity contribution in [2.24, 2.45) is 11.7 Å². The van der Waals surface area contributed by atoms with Crippen molar-refractivity contribution in [3.63, 3.8) is 0 Å². The summed E-state index contributed by atoms with van der Waals surface area (Å²) in [6.45, 7) is 0. The number of ketones is 1. The minimum absolute atomic E-state index is 0.147. The van der Waals surface area contributed by atoms with E-state index < -0.39 is 0 Å². The molecule has 1 saturated carbocycles. The van der Waals surface area contributed by atoms with Crippen molar-refractivity contribution in [3.05, 3.63) is 42.1 Å². The van der Waals surface area contributed by atoms with Crippen LogP contribution < -0.4 is 5.73 Å². The minimum Gasteiger partial charge on any atom is -0.328 e. The van der Waals surface area contributed by atoms with E-state index in [-0.39, 0.29) is 17.7 Å². The third-order valence-electron chi connectivity index (χ3n) is 4.03. The lowest BCUT2D eigenvalue weighted by Crippen LogP contribution is -2.29. The Morgan fingerprint density at radius 3 is 2.74 bits per heavy atom. The molecular formula is C16H18N2O. The molecule has 0 amide bonds. The van der Waals surface area contributed by atoms with Crippen LogP contribution in [0.15, 0.2) is 36.5 Å². The summed E-state index contributed by atoms with van der Waals surface area (Å²) in [4.78, 5) is 16.8. The normalized spacial score (nSPS) is 23.4. The molecule has 1 aromatic heterocycles. The number of rotatable bonds is 2. The number of fused-ring (bicyclic) bond motifs is 1. The van der Waals surface area contributed by atoms with Gasteiger partial charge in [-0.25, -0.2) is 0 Å². The molecule has 0 bridgehead atoms. The van der Waals surface area contributed by atoms with Crippen LogP contribution in [0, 0.1) is 5.92 Å². The van der Waals surface area contributed by atoms with Gasteiger partial charge in [-0.3, -0.25) is 9.78 Å². The molecule has 0 saturated heterocycles. The summed E-state index contributed by atoms with van der Waals surface area (Å²) in [6, 6.07) is 9.96. The lowest BCUT2D eigenvalue weighted by molar-refractivity contribution is 0.0885. The molecule has 0 unspecified atom stereocenters. The first-order valence-corrected chi connectivity index (χ1v) is 6.88. The van der Waals surface area contributed by atoms with Crippen molar-refractivity contribution >= 4 is 16.7 Å². The van der Waals surface area contributed by atoms with E-state index in [0.29, 0.717) is 0 Å². The second-order valence-electron chi connectivity index (χ2n) is 5.39. The molecule has 3 heteroatoms. The number of aromatic nitrogens is 1. The fourth-order valence-corrected chi connectivity index (χ4v) is 2.85. The molecular weight excluding hydrogens is 236 g/mol. The largest absolute Gasteiger partial charge is 0.328 e. The van der Waals surface area contributed by atoms with E-state index in [4.69, 9.17) is 5.73 Å². The first kappa shape index (κ1) is 12.3. The number of hydrogen-bond donors (Lipinski definition) is 1. The molecule has 1 aliphatic carbocycles. The molecule has 1 aromatic carbocycles. The molecule has 1 aliphatic rings. The van der Waals surface area contributed by atoms with Crippen LogP contribution in [-0.4, -0.2) is 16.8 Å². The van der Waals surface area contributed by atoms with Gasteiger partial charge >= 0.3 is 0 Å². The fourth-order valence-electron chi connectivity index (χ4n) is 2.85. The molecule has 19 heavy (non-hydrogen) atoms. The molecule has 98 valence electrons. The van der Waals surface area contributed by atoms with Gasteiger partial charge in [-0.15, -0.1) is 0 Å². The topological polar surface area (TPSA) is 56.0 Å². The van der Waals surface area contributed by atoms with Crippen molar-refractivity contribution in [2.75, 3.05) is 0 Å². The maximum atomic E-state index is 12.5. The number of hydrogen-bond acceptors (Lipinski definition) is 3. The van der Waals surface area contributed by atoms with E-state index in [9.17, 15) is 4.79 Å². The molecule has 0 radical (unpaired) electrons. The number of nitrogens with two attached hydrogens (primary N) is 1. The Bertz CT molecular complexity index is 600. The summed E-state index contributed by atoms with van der Waals surface area (Å²) in [5, 5.41) is 1.03. The molecule has 3 rings (SSSR count). The highest BCUT2D eigenvalue weighted by atomic mass is 16.1. The minimum atomic E-state index is 0.147. The summed E-state index contributed by atoms with van der Waals surface area (Å²) >= 11 is 0. The van der Waals surface area contributed by atoms with Crippen molar-refractivity contribution in [2.45, 2.75) is 31.7 Å². The quantitative estimate of drug-likeness (QED) is 0.838. The summed E-state index contributed by atoms with van der Waals surface area (Å²) in [7, 11) is 0. The van der Waals surface area contributed by atoms with Gasteiger partial charge in [0.05, 0.1) is 5.52 Å². The zero-order valence-corrected chi connectivity index (χ0v) is 10.9. The maximum Gasteiger partial charge on any atom is 0.165 e. The molecule has 0 aliphatic heterocycles. The van der Waals surface area contributed by atoms with Crippen LogP contribution in [0.3, 0.4) is 0 Å². The Balaban J connectivity index is 1.85. The predicted molar refractivity (Wildman–Crippen MR) is 76.0 cm³/mol. The van der Waals surface area contributed by atoms with Crippen LogP contribution in [0.2, 0.25) is 0 Å². The average Bonchev–Trinajstić information content (AvgIpc) is 2.47. The Labute approximate surface area is 112 Å². The molecule has 1 heterocycles. The van der Waals surface area contributed by atoms with Crippen LogP contribution in [0.5, 0.6) is 0 Å². The van der Waals surface area contributed by atoms with Gasteiger partial charge in [-0.1, -0.05) is 6.07 Å². The van der Waals surface area contributed by atoms with Crippen molar-refractivity contribution in [1.82, 2.24) is 4.98 Å². The maximum absolute atomic E-state index is 12.5. The number of Topliss-reactive ketones (excluding diaryl/α,β-unsaturated/α-hetero) is 1. The van der Waals surface area contributed by atoms with Crippen LogP contribution >= 0.6 is 0 Å². The summed E-state index contributed by atoms with van der Waals surface area (Å²) in [5.74, 6) is 0.409. The number of nitrogens with zero attached hydrogens (tertiary/aromatic N) is 1. The van der Waals surface area contributed by atoms with Crippen LogP contribution in [-0.2, 0) is 0 Å². The smallest absolute Gasteiger partial charge is 0.165 e. The third-order valence-corrected chi connectivity index (χ3v) is 4.03. The number of carbonyl (C=O) groups excluding carboxylic acids is 1. The second-order valence-corrected chi connectivity index (χ2v) is 5.39. The summed E-state index contributed by atoms with van der Waals surface area (Å²) < 4.78 is 0. The zero-order chi connectivity index (χ0) is 13.2. The van der Waals surface area contributed by atoms with Crippen molar-refractivity contribution < 1.29 is 4.79 Å². The zero-order valence-electron chi connectivity index (χ0n) is 10.9. The van der Waals surface area contributed by atoms with E-state index in [1.165, 1.54) is 0 Å². The first-order valence-electron chi connectivity index (χ1n) is 6.88. The van der Waals surface area contributed by atoms with E-state index in [0.717, 1.165) is 42.1 Å². The van der Waals surface area contributed by atoms with Gasteiger partial charge in [0, 0.05) is 29.1 Å². The SMILES string of the molecule is NC1CCC(C(=O)c2ccc3ncccc3c2)CC1. The average molecular weight is 254 g/mol. The van der Waals surface area contributed by atoms with E-state index in [1.807, 2.05) is 30.3 Å². The molecule has 3 nitrogen and oxygen atoms in total. The van der Waals surface area contributed by atoms with Crippen LogP contribution in [0.1, 0.15) is 36.0 Å². The van der Waals surface area contributed by atoms with Crippen LogP contribution in [0.25, 0.3) is 10.9 Å². The predicted octanol–water partition coefficient (Wildman–Crippen LogP) is 2.94. The van der Waals surface area contributed by atoms with Gasteiger partial charge in [-0.05, 0) is 49.9 Å². The Morgan fingerprint density at radius 1 is 1.16 bits per heavy atom. The molecule has 0 atom stereocenters. The number of benzene rings is 1. The Morgan fingerprint density at radius 2 is 1.95 bits per heavy atom. The second kappa shape index (κ2) is 5.10. The van der Waals surface area contributed by atoms with Gasteiger partial charge < -0.3 is 5.73 Å².